The van der Waals surface area contributed by atoms with E-state index >= 15 is 0 Å². The molecular weight excluding hydrogens is 228 g/mol. The second-order valence-electron chi connectivity index (χ2n) is 4.56. The molecule has 0 saturated heterocycles. The third kappa shape index (κ3) is 1.88. The lowest BCUT2D eigenvalue weighted by atomic mass is 9.98. The molecule has 3 N–H and O–H groups in total. The molecule has 3 heteroatoms. The summed E-state index contributed by atoms with van der Waals surface area (Å²) in [4.78, 5) is 0. The van der Waals surface area contributed by atoms with Gasteiger partial charge in [0.15, 0.2) is 11.5 Å². The van der Waals surface area contributed by atoms with Gasteiger partial charge >= 0.3 is 0 Å². The van der Waals surface area contributed by atoms with Gasteiger partial charge in [-0.25, -0.2) is 0 Å². The smallest absolute Gasteiger partial charge is 0.165 e. The van der Waals surface area contributed by atoms with Crippen LogP contribution in [0.5, 0.6) is 17.2 Å². The van der Waals surface area contributed by atoms with Crippen molar-refractivity contribution in [3.8, 4) is 28.4 Å². The SMILES string of the molecule is Cc1ccc(-c2cc(O)c(C)c(O)c2O)cc1C. The fourth-order valence-corrected chi connectivity index (χ4v) is 1.87. The fourth-order valence-electron chi connectivity index (χ4n) is 1.87. The zero-order chi connectivity index (χ0) is 13.4. The molecule has 0 heterocycles. The molecule has 3 nitrogen and oxygen atoms in total. The Morgan fingerprint density at radius 2 is 1.44 bits per heavy atom. The Hall–Kier alpha value is -2.16. The first-order chi connectivity index (χ1) is 8.41. The molecule has 2 aromatic carbocycles. The van der Waals surface area contributed by atoms with Crippen molar-refractivity contribution in [3.63, 3.8) is 0 Å². The van der Waals surface area contributed by atoms with Crippen molar-refractivity contribution in [2.24, 2.45) is 0 Å². The summed E-state index contributed by atoms with van der Waals surface area (Å²) in [5.74, 6) is -0.504. The van der Waals surface area contributed by atoms with Gasteiger partial charge in [0, 0.05) is 11.1 Å². The van der Waals surface area contributed by atoms with Gasteiger partial charge < -0.3 is 15.3 Å². The lowest BCUT2D eigenvalue weighted by Gasteiger charge is -2.11. The van der Waals surface area contributed by atoms with Crippen molar-refractivity contribution in [2.45, 2.75) is 20.8 Å². The van der Waals surface area contributed by atoms with Gasteiger partial charge in [-0.2, -0.15) is 0 Å². The van der Waals surface area contributed by atoms with Crippen LogP contribution in [0.15, 0.2) is 24.3 Å². The molecule has 0 fully saturated rings. The molecule has 94 valence electrons. The molecule has 0 aromatic heterocycles. The molecule has 0 aliphatic heterocycles. The fraction of sp³-hybridized carbons (Fsp3) is 0.200. The number of hydrogen-bond acceptors (Lipinski definition) is 3. The van der Waals surface area contributed by atoms with E-state index in [2.05, 4.69) is 0 Å². The summed E-state index contributed by atoms with van der Waals surface area (Å²) in [5, 5.41) is 29.4. The van der Waals surface area contributed by atoms with Crippen LogP contribution in [0.25, 0.3) is 11.1 Å². The van der Waals surface area contributed by atoms with E-state index in [1.54, 1.807) is 6.92 Å². The maximum absolute atomic E-state index is 9.96. The Balaban J connectivity index is 2.67. The van der Waals surface area contributed by atoms with Crippen molar-refractivity contribution in [2.75, 3.05) is 0 Å². The van der Waals surface area contributed by atoms with Gasteiger partial charge in [-0.1, -0.05) is 18.2 Å². The van der Waals surface area contributed by atoms with Gasteiger partial charge in [-0.3, -0.25) is 0 Å². The van der Waals surface area contributed by atoms with Crippen LogP contribution in [0, 0.1) is 20.8 Å². The molecule has 0 amide bonds. The monoisotopic (exact) mass is 244 g/mol. The van der Waals surface area contributed by atoms with E-state index in [4.69, 9.17) is 0 Å². The van der Waals surface area contributed by atoms with Crippen LogP contribution in [0.1, 0.15) is 16.7 Å². The van der Waals surface area contributed by atoms with Crippen LogP contribution in [0.4, 0.5) is 0 Å². The number of aromatic hydroxyl groups is 3. The Morgan fingerprint density at radius 3 is 2.06 bits per heavy atom. The lowest BCUT2D eigenvalue weighted by Crippen LogP contribution is -1.87. The van der Waals surface area contributed by atoms with E-state index in [0.717, 1.165) is 16.7 Å². The quantitative estimate of drug-likeness (QED) is 0.532. The van der Waals surface area contributed by atoms with E-state index in [9.17, 15) is 15.3 Å². The van der Waals surface area contributed by atoms with Gasteiger partial charge in [0.05, 0.1) is 0 Å². The van der Waals surface area contributed by atoms with Crippen molar-refractivity contribution >= 4 is 0 Å². The van der Waals surface area contributed by atoms with Crippen LogP contribution in [0.2, 0.25) is 0 Å². The van der Waals surface area contributed by atoms with Crippen LogP contribution in [-0.2, 0) is 0 Å². The van der Waals surface area contributed by atoms with Crippen LogP contribution < -0.4 is 0 Å². The summed E-state index contributed by atoms with van der Waals surface area (Å²) in [7, 11) is 0. The highest BCUT2D eigenvalue weighted by Gasteiger charge is 2.15. The molecule has 18 heavy (non-hydrogen) atoms. The van der Waals surface area contributed by atoms with Crippen LogP contribution in [-0.4, -0.2) is 15.3 Å². The van der Waals surface area contributed by atoms with E-state index < -0.39 is 0 Å². The second kappa shape index (κ2) is 4.26. The Kier molecular flexibility index (Phi) is 2.91. The maximum atomic E-state index is 9.96. The molecule has 0 atom stereocenters. The molecule has 2 rings (SSSR count). The second-order valence-corrected chi connectivity index (χ2v) is 4.56. The highest BCUT2D eigenvalue weighted by Crippen LogP contribution is 2.43. The molecule has 0 saturated carbocycles. The normalized spacial score (nSPS) is 10.6. The number of phenolic OH excluding ortho intramolecular Hbond substituents is 3. The molecular formula is C15H16O3. The zero-order valence-electron chi connectivity index (χ0n) is 10.7. The van der Waals surface area contributed by atoms with Crippen molar-refractivity contribution in [1.82, 2.24) is 0 Å². The third-order valence-corrected chi connectivity index (χ3v) is 3.32. The predicted molar refractivity (Wildman–Crippen MR) is 71.1 cm³/mol. The minimum atomic E-state index is -0.275. The summed E-state index contributed by atoms with van der Waals surface area (Å²) in [6, 6.07) is 7.18. The highest BCUT2D eigenvalue weighted by molar-refractivity contribution is 5.77. The zero-order valence-corrected chi connectivity index (χ0v) is 10.7. The minimum Gasteiger partial charge on any atom is -0.508 e. The number of rotatable bonds is 1. The standard InChI is InChI=1S/C15H16O3/c1-8-4-5-11(6-9(8)2)12-7-13(16)10(3)14(17)15(12)18/h4-7,16-18H,1-3H3. The number of benzene rings is 2. The van der Waals surface area contributed by atoms with E-state index in [-0.39, 0.29) is 22.8 Å². The molecule has 0 unspecified atom stereocenters. The summed E-state index contributed by atoms with van der Waals surface area (Å²) in [6.07, 6.45) is 0. The van der Waals surface area contributed by atoms with Gasteiger partial charge in [0.2, 0.25) is 0 Å². The summed E-state index contributed by atoms with van der Waals surface area (Å²) in [5.41, 5.74) is 3.71. The first-order valence-corrected chi connectivity index (χ1v) is 5.74. The number of hydrogen-bond donors (Lipinski definition) is 3. The molecule has 2 aromatic rings. The summed E-state index contributed by atoms with van der Waals surface area (Å²) < 4.78 is 0. The van der Waals surface area contributed by atoms with E-state index in [1.807, 2.05) is 32.0 Å². The third-order valence-electron chi connectivity index (χ3n) is 3.32. The summed E-state index contributed by atoms with van der Waals surface area (Å²) in [6.45, 7) is 5.53. The number of phenols is 3. The molecule has 0 aliphatic carbocycles. The van der Waals surface area contributed by atoms with Crippen LogP contribution in [0.3, 0.4) is 0 Å². The molecule has 0 aliphatic rings. The Morgan fingerprint density at radius 1 is 0.778 bits per heavy atom. The molecule has 0 spiro atoms. The molecule has 0 radical (unpaired) electrons. The van der Waals surface area contributed by atoms with Crippen molar-refractivity contribution in [1.29, 1.82) is 0 Å². The Bertz CT molecular complexity index is 616. The van der Waals surface area contributed by atoms with E-state index in [0.29, 0.717) is 5.56 Å². The van der Waals surface area contributed by atoms with Crippen molar-refractivity contribution < 1.29 is 15.3 Å². The molecule has 0 bridgehead atoms. The van der Waals surface area contributed by atoms with Gasteiger partial charge in [0.25, 0.3) is 0 Å². The van der Waals surface area contributed by atoms with Crippen LogP contribution >= 0.6 is 0 Å². The average molecular weight is 244 g/mol. The average Bonchev–Trinajstić information content (AvgIpc) is 2.35. The first kappa shape index (κ1) is 12.3. The largest absolute Gasteiger partial charge is 0.508 e. The maximum Gasteiger partial charge on any atom is 0.165 e. The van der Waals surface area contributed by atoms with Crippen molar-refractivity contribution in [3.05, 3.63) is 41.0 Å². The number of aryl methyl sites for hydroxylation is 2. The van der Waals surface area contributed by atoms with Gasteiger partial charge in [-0.05, 0) is 43.5 Å². The first-order valence-electron chi connectivity index (χ1n) is 5.74. The van der Waals surface area contributed by atoms with Gasteiger partial charge in [0.1, 0.15) is 5.75 Å². The minimum absolute atomic E-state index is 0.0291. The highest BCUT2D eigenvalue weighted by atomic mass is 16.3. The van der Waals surface area contributed by atoms with Gasteiger partial charge in [-0.15, -0.1) is 0 Å². The predicted octanol–water partition coefficient (Wildman–Crippen LogP) is 3.40. The van der Waals surface area contributed by atoms with E-state index in [1.165, 1.54) is 6.07 Å². The lowest BCUT2D eigenvalue weighted by molar-refractivity contribution is 0.394. The Labute approximate surface area is 106 Å². The summed E-state index contributed by atoms with van der Waals surface area (Å²) >= 11 is 0. The topological polar surface area (TPSA) is 60.7 Å².